The highest BCUT2D eigenvalue weighted by atomic mass is 16.5. The third kappa shape index (κ3) is 5.03. The van der Waals surface area contributed by atoms with Crippen LogP contribution in [-0.4, -0.2) is 13.2 Å². The summed E-state index contributed by atoms with van der Waals surface area (Å²) in [5.41, 5.74) is 1.37. The zero-order chi connectivity index (χ0) is 10.2. The predicted octanol–water partition coefficient (Wildman–Crippen LogP) is 3.09. The minimum absolute atomic E-state index is 0.640. The fourth-order valence-electron chi connectivity index (χ4n) is 1.29. The minimum Gasteiger partial charge on any atom is -0.381 e. The van der Waals surface area contributed by atoms with E-state index in [0.717, 1.165) is 26.1 Å². The molecule has 0 aliphatic carbocycles. The molecule has 0 aliphatic rings. The van der Waals surface area contributed by atoms with Crippen molar-refractivity contribution < 1.29 is 4.74 Å². The molecule has 0 N–H and O–H groups in total. The normalized spacial score (nSPS) is 10.8. The van der Waals surface area contributed by atoms with Gasteiger partial charge in [0, 0.05) is 13.2 Å². The Balaban J connectivity index is 2.05. The van der Waals surface area contributed by atoms with Crippen LogP contribution in [0.1, 0.15) is 25.8 Å². The van der Waals surface area contributed by atoms with Gasteiger partial charge in [-0.1, -0.05) is 38.1 Å². The van der Waals surface area contributed by atoms with Crippen LogP contribution in [-0.2, 0) is 11.2 Å². The fourth-order valence-corrected chi connectivity index (χ4v) is 1.29. The zero-order valence-corrected chi connectivity index (χ0v) is 9.12. The van der Waals surface area contributed by atoms with E-state index in [9.17, 15) is 0 Å². The topological polar surface area (TPSA) is 9.23 Å². The molecule has 1 aromatic carbocycles. The molecular weight excluding hydrogens is 172 g/mol. The van der Waals surface area contributed by atoms with Crippen LogP contribution in [0, 0.1) is 12.0 Å². The maximum Gasteiger partial charge on any atom is 0.0488 e. The number of hydrogen-bond donors (Lipinski definition) is 0. The number of ether oxygens (including phenoxy) is 1. The van der Waals surface area contributed by atoms with Crippen molar-refractivity contribution in [3.05, 3.63) is 35.9 Å². The van der Waals surface area contributed by atoms with Crippen LogP contribution in [0.4, 0.5) is 0 Å². The van der Waals surface area contributed by atoms with Gasteiger partial charge in [-0.15, -0.1) is 0 Å². The second-order valence-electron chi connectivity index (χ2n) is 3.98. The summed E-state index contributed by atoms with van der Waals surface area (Å²) in [6.45, 7) is 6.10. The second kappa shape index (κ2) is 6.61. The van der Waals surface area contributed by atoms with Gasteiger partial charge < -0.3 is 4.74 Å². The average molecular weight is 191 g/mol. The molecular formula is C13H19O. The van der Waals surface area contributed by atoms with Gasteiger partial charge in [0.25, 0.3) is 0 Å². The van der Waals surface area contributed by atoms with Crippen molar-refractivity contribution in [1.29, 1.82) is 0 Å². The van der Waals surface area contributed by atoms with Crippen molar-refractivity contribution in [3.63, 3.8) is 0 Å². The van der Waals surface area contributed by atoms with Gasteiger partial charge >= 0.3 is 0 Å². The summed E-state index contributed by atoms with van der Waals surface area (Å²) in [5, 5.41) is 0. The van der Waals surface area contributed by atoms with Crippen molar-refractivity contribution >= 4 is 0 Å². The van der Waals surface area contributed by atoms with E-state index in [-0.39, 0.29) is 0 Å². The van der Waals surface area contributed by atoms with E-state index in [1.54, 1.807) is 0 Å². The van der Waals surface area contributed by atoms with E-state index in [2.05, 4.69) is 32.0 Å². The van der Waals surface area contributed by atoms with Gasteiger partial charge in [-0.05, 0) is 30.4 Å². The molecule has 1 rings (SSSR count). The van der Waals surface area contributed by atoms with Crippen LogP contribution in [0.2, 0.25) is 0 Å². The standard InChI is InChI=1S/C13H19O/c1-12(2)11-14-10-6-9-13-7-4-3-5-8-13/h4-5,7-8,12H,6,9-11H2,1-2H3. The van der Waals surface area contributed by atoms with Crippen molar-refractivity contribution in [2.75, 3.05) is 13.2 Å². The largest absolute Gasteiger partial charge is 0.381 e. The highest BCUT2D eigenvalue weighted by Gasteiger charge is 1.94. The Labute approximate surface area is 87.1 Å². The quantitative estimate of drug-likeness (QED) is 0.628. The van der Waals surface area contributed by atoms with Crippen LogP contribution < -0.4 is 0 Å². The number of rotatable bonds is 6. The van der Waals surface area contributed by atoms with Gasteiger partial charge in [0.1, 0.15) is 0 Å². The van der Waals surface area contributed by atoms with Gasteiger partial charge in [0.05, 0.1) is 0 Å². The molecule has 0 atom stereocenters. The van der Waals surface area contributed by atoms with E-state index in [0.29, 0.717) is 5.92 Å². The van der Waals surface area contributed by atoms with Crippen LogP contribution in [0.15, 0.2) is 24.3 Å². The Kier molecular flexibility index (Phi) is 5.31. The Hall–Kier alpha value is -0.820. The van der Waals surface area contributed by atoms with E-state index in [1.165, 1.54) is 5.56 Å². The first-order valence-corrected chi connectivity index (χ1v) is 5.32. The van der Waals surface area contributed by atoms with Gasteiger partial charge in [0.15, 0.2) is 0 Å². The summed E-state index contributed by atoms with van der Waals surface area (Å²) in [7, 11) is 0. The maximum absolute atomic E-state index is 5.51. The molecule has 0 spiro atoms. The van der Waals surface area contributed by atoms with Crippen LogP contribution >= 0.6 is 0 Å². The summed E-state index contributed by atoms with van der Waals surface area (Å²) in [4.78, 5) is 0. The molecule has 1 heteroatoms. The van der Waals surface area contributed by atoms with Crippen LogP contribution in [0.5, 0.6) is 0 Å². The first-order valence-electron chi connectivity index (χ1n) is 5.32. The molecule has 0 bridgehead atoms. The van der Waals surface area contributed by atoms with Crippen molar-refractivity contribution in [1.82, 2.24) is 0 Å². The van der Waals surface area contributed by atoms with Gasteiger partial charge in [-0.25, -0.2) is 0 Å². The minimum atomic E-state index is 0.640. The monoisotopic (exact) mass is 191 g/mol. The lowest BCUT2D eigenvalue weighted by atomic mass is 10.1. The first-order chi connectivity index (χ1) is 6.79. The Bertz CT molecular complexity index is 228. The molecule has 0 aromatic heterocycles. The van der Waals surface area contributed by atoms with Gasteiger partial charge in [-0.2, -0.15) is 0 Å². The molecule has 1 radical (unpaired) electrons. The third-order valence-electron chi connectivity index (χ3n) is 1.99. The van der Waals surface area contributed by atoms with Crippen LogP contribution in [0.3, 0.4) is 0 Å². The molecule has 77 valence electrons. The van der Waals surface area contributed by atoms with Gasteiger partial charge in [0.2, 0.25) is 0 Å². The molecule has 0 amide bonds. The first kappa shape index (κ1) is 11.3. The molecule has 0 saturated heterocycles. The second-order valence-corrected chi connectivity index (χ2v) is 3.98. The maximum atomic E-state index is 5.51. The SMILES string of the molecule is CC(C)COCCCc1cc[c]cc1. The van der Waals surface area contributed by atoms with Gasteiger partial charge in [-0.3, -0.25) is 0 Å². The number of benzene rings is 1. The molecule has 1 nitrogen and oxygen atoms in total. The summed E-state index contributed by atoms with van der Waals surface area (Å²) < 4.78 is 5.51. The fraction of sp³-hybridized carbons (Fsp3) is 0.538. The van der Waals surface area contributed by atoms with Crippen LogP contribution in [0.25, 0.3) is 0 Å². The van der Waals surface area contributed by atoms with E-state index in [4.69, 9.17) is 4.74 Å². The Morgan fingerprint density at radius 3 is 2.64 bits per heavy atom. The Morgan fingerprint density at radius 1 is 1.29 bits per heavy atom. The van der Waals surface area contributed by atoms with E-state index < -0.39 is 0 Å². The average Bonchev–Trinajstić information content (AvgIpc) is 2.18. The molecule has 0 heterocycles. The van der Waals surface area contributed by atoms with Crippen molar-refractivity contribution in [2.24, 2.45) is 5.92 Å². The highest BCUT2D eigenvalue weighted by Crippen LogP contribution is 2.02. The lowest BCUT2D eigenvalue weighted by Crippen LogP contribution is -2.03. The molecule has 0 fully saturated rings. The molecule has 0 aliphatic heterocycles. The predicted molar refractivity (Wildman–Crippen MR) is 59.3 cm³/mol. The zero-order valence-electron chi connectivity index (χ0n) is 9.12. The molecule has 1 aromatic rings. The van der Waals surface area contributed by atoms with E-state index in [1.807, 2.05) is 12.1 Å². The molecule has 14 heavy (non-hydrogen) atoms. The summed E-state index contributed by atoms with van der Waals surface area (Å²) in [5.74, 6) is 0.640. The van der Waals surface area contributed by atoms with Crippen molar-refractivity contribution in [3.8, 4) is 0 Å². The molecule has 0 unspecified atom stereocenters. The summed E-state index contributed by atoms with van der Waals surface area (Å²) in [6.07, 6.45) is 2.21. The molecule has 0 saturated carbocycles. The lowest BCUT2D eigenvalue weighted by Gasteiger charge is -2.06. The van der Waals surface area contributed by atoms with E-state index >= 15 is 0 Å². The smallest absolute Gasteiger partial charge is 0.0488 e. The number of aryl methyl sites for hydroxylation is 1. The number of hydrogen-bond acceptors (Lipinski definition) is 1. The summed E-state index contributed by atoms with van der Waals surface area (Å²) >= 11 is 0. The Morgan fingerprint density at radius 2 is 2.00 bits per heavy atom. The lowest BCUT2D eigenvalue weighted by molar-refractivity contribution is 0.108. The van der Waals surface area contributed by atoms with Crippen molar-refractivity contribution in [2.45, 2.75) is 26.7 Å². The summed E-state index contributed by atoms with van der Waals surface area (Å²) in [6, 6.07) is 11.2. The third-order valence-corrected chi connectivity index (χ3v) is 1.99. The highest BCUT2D eigenvalue weighted by molar-refractivity contribution is 5.13.